The number of oxime groups is 1. The van der Waals surface area contributed by atoms with Gasteiger partial charge < -0.3 is 24.7 Å². The second-order valence-electron chi connectivity index (χ2n) is 8.39. The second kappa shape index (κ2) is 11.9. The lowest BCUT2D eigenvalue weighted by Gasteiger charge is -2.23. The first-order valence-corrected chi connectivity index (χ1v) is 13.2. The van der Waals surface area contributed by atoms with Crippen LogP contribution in [0.1, 0.15) is 18.4 Å². The molecule has 1 aliphatic heterocycles. The first kappa shape index (κ1) is 27.0. The smallest absolute Gasteiger partial charge is 0.326 e. The summed E-state index contributed by atoms with van der Waals surface area (Å²) in [5, 5.41) is 16.0. The van der Waals surface area contributed by atoms with Crippen molar-refractivity contribution in [2.75, 3.05) is 32.8 Å². The number of carboxylic acids is 1. The van der Waals surface area contributed by atoms with Gasteiger partial charge in [0, 0.05) is 12.3 Å². The van der Waals surface area contributed by atoms with Gasteiger partial charge in [0.15, 0.2) is 0 Å². The van der Waals surface area contributed by atoms with E-state index in [2.05, 4.69) is 10.5 Å². The van der Waals surface area contributed by atoms with Gasteiger partial charge in [0.1, 0.15) is 40.2 Å². The molecule has 1 fully saturated rings. The van der Waals surface area contributed by atoms with Gasteiger partial charge in [-0.3, -0.25) is 4.79 Å². The van der Waals surface area contributed by atoms with E-state index in [1.54, 1.807) is 26.4 Å². The number of nitrogens with zero attached hydrogens (tertiary/aromatic N) is 1. The molecule has 0 unspecified atom stereocenters. The molecular weight excluding hydrogens is 488 g/mol. The molecule has 1 saturated heterocycles. The molecule has 1 amide bonds. The number of carboxylic acid groups (broad SMARTS) is 1. The van der Waals surface area contributed by atoms with E-state index >= 15 is 0 Å². The lowest BCUT2D eigenvalue weighted by atomic mass is 9.95. The van der Waals surface area contributed by atoms with Gasteiger partial charge in [0.05, 0.1) is 31.3 Å². The van der Waals surface area contributed by atoms with Gasteiger partial charge in [-0.2, -0.15) is 0 Å². The molecule has 0 radical (unpaired) electrons. The Kier molecular flexibility index (Phi) is 8.92. The maximum atomic E-state index is 12.9. The van der Waals surface area contributed by atoms with Crippen LogP contribution in [0.25, 0.3) is 11.1 Å². The van der Waals surface area contributed by atoms with E-state index in [1.807, 2.05) is 30.3 Å². The Morgan fingerprint density at radius 3 is 2.11 bits per heavy atom. The molecule has 0 aromatic heterocycles. The molecule has 2 N–H and O–H groups in total. The van der Waals surface area contributed by atoms with E-state index in [4.69, 9.17) is 14.3 Å². The van der Waals surface area contributed by atoms with Crippen LogP contribution in [0.3, 0.4) is 0 Å². The minimum absolute atomic E-state index is 0.00253. The molecule has 11 heteroatoms. The van der Waals surface area contributed by atoms with Gasteiger partial charge in [-0.05, 0) is 36.1 Å². The summed E-state index contributed by atoms with van der Waals surface area (Å²) in [4.78, 5) is 29.6. The van der Waals surface area contributed by atoms with Crippen molar-refractivity contribution >= 4 is 27.4 Å². The predicted molar refractivity (Wildman–Crippen MR) is 134 cm³/mol. The van der Waals surface area contributed by atoms with E-state index in [-0.39, 0.29) is 36.5 Å². The third-order valence-electron chi connectivity index (χ3n) is 6.08. The van der Waals surface area contributed by atoms with E-state index < -0.39 is 33.7 Å². The Morgan fingerprint density at radius 2 is 1.61 bits per heavy atom. The molecule has 3 rings (SSSR count). The summed E-state index contributed by atoms with van der Waals surface area (Å²) in [5.74, 6) is -1.17. The standard InChI is InChI=1S/C25H30N2O8S/c1-33-20-5-4-6-21(34-2)22(20)17-9-7-16(8-10-17)15-19(25(29)30)26-24(28)23(27-35-3)18-11-13-36(31,32)14-12-18/h4-10,18-19H,11-15H2,1-3H3,(H,26,28)(H,29,30)/t19-/m0/s1. The number of methoxy groups -OCH3 is 2. The van der Waals surface area contributed by atoms with Crippen molar-refractivity contribution < 1.29 is 37.4 Å². The zero-order chi connectivity index (χ0) is 26.3. The van der Waals surface area contributed by atoms with Crippen molar-refractivity contribution in [2.24, 2.45) is 11.1 Å². The molecular formula is C25H30N2O8S. The van der Waals surface area contributed by atoms with Crippen LogP contribution in [0, 0.1) is 5.92 Å². The van der Waals surface area contributed by atoms with Crippen molar-refractivity contribution in [1.29, 1.82) is 0 Å². The summed E-state index contributed by atoms with van der Waals surface area (Å²) in [6.45, 7) is 0. The third-order valence-corrected chi connectivity index (χ3v) is 7.79. The Balaban J connectivity index is 1.75. The highest BCUT2D eigenvalue weighted by atomic mass is 32.2. The summed E-state index contributed by atoms with van der Waals surface area (Å²) in [6.07, 6.45) is 0.483. The van der Waals surface area contributed by atoms with E-state index in [1.165, 1.54) is 7.11 Å². The van der Waals surface area contributed by atoms with Crippen LogP contribution in [0.2, 0.25) is 0 Å². The van der Waals surface area contributed by atoms with Crippen LogP contribution < -0.4 is 14.8 Å². The highest BCUT2D eigenvalue weighted by Crippen LogP contribution is 2.38. The Bertz CT molecular complexity index is 1190. The van der Waals surface area contributed by atoms with Crippen LogP contribution in [0.5, 0.6) is 11.5 Å². The van der Waals surface area contributed by atoms with Gasteiger partial charge in [-0.25, -0.2) is 13.2 Å². The minimum atomic E-state index is -3.14. The van der Waals surface area contributed by atoms with Crippen molar-refractivity contribution in [2.45, 2.75) is 25.3 Å². The van der Waals surface area contributed by atoms with Crippen LogP contribution >= 0.6 is 0 Å². The normalized spacial score (nSPS) is 16.6. The Morgan fingerprint density at radius 1 is 1.03 bits per heavy atom. The molecule has 0 aliphatic carbocycles. The predicted octanol–water partition coefficient (Wildman–Crippen LogP) is 2.31. The van der Waals surface area contributed by atoms with Crippen molar-refractivity contribution in [3.63, 3.8) is 0 Å². The fraction of sp³-hybridized carbons (Fsp3) is 0.400. The number of hydrogen-bond acceptors (Lipinski definition) is 8. The molecule has 0 spiro atoms. The highest BCUT2D eigenvalue weighted by molar-refractivity contribution is 7.91. The molecule has 0 saturated carbocycles. The highest BCUT2D eigenvalue weighted by Gasteiger charge is 2.33. The average Bonchev–Trinajstić information content (AvgIpc) is 2.87. The number of amides is 1. The second-order valence-corrected chi connectivity index (χ2v) is 10.7. The van der Waals surface area contributed by atoms with Gasteiger partial charge in [-0.15, -0.1) is 0 Å². The number of carbonyl (C=O) groups excluding carboxylic acids is 1. The van der Waals surface area contributed by atoms with Crippen LogP contribution in [-0.2, 0) is 30.7 Å². The maximum absolute atomic E-state index is 12.9. The molecule has 36 heavy (non-hydrogen) atoms. The monoisotopic (exact) mass is 518 g/mol. The molecule has 2 aromatic rings. The van der Waals surface area contributed by atoms with Gasteiger partial charge in [0.2, 0.25) is 0 Å². The Labute approximate surface area is 210 Å². The average molecular weight is 519 g/mol. The van der Waals surface area contributed by atoms with Crippen LogP contribution in [0.4, 0.5) is 0 Å². The maximum Gasteiger partial charge on any atom is 0.326 e. The lowest BCUT2D eigenvalue weighted by Crippen LogP contribution is -2.47. The van der Waals surface area contributed by atoms with Gasteiger partial charge >= 0.3 is 5.97 Å². The number of ether oxygens (including phenoxy) is 2. The SMILES string of the molecule is CON=C(C(=O)N[C@@H](Cc1ccc(-c2c(OC)cccc2OC)cc1)C(=O)O)C1CCS(=O)(=O)CC1. The molecule has 10 nitrogen and oxygen atoms in total. The zero-order valence-corrected chi connectivity index (χ0v) is 21.2. The number of nitrogens with one attached hydrogen (secondary N) is 1. The number of carbonyl (C=O) groups is 2. The molecule has 1 atom stereocenters. The summed E-state index contributed by atoms with van der Waals surface area (Å²) >= 11 is 0. The van der Waals surface area contributed by atoms with E-state index in [0.29, 0.717) is 17.1 Å². The number of hydrogen-bond donors (Lipinski definition) is 2. The number of sulfone groups is 1. The van der Waals surface area contributed by atoms with Crippen molar-refractivity contribution in [3.8, 4) is 22.6 Å². The van der Waals surface area contributed by atoms with Gasteiger partial charge in [-0.1, -0.05) is 35.5 Å². The molecule has 0 bridgehead atoms. The lowest BCUT2D eigenvalue weighted by molar-refractivity contribution is -0.141. The zero-order valence-electron chi connectivity index (χ0n) is 20.4. The number of aliphatic carboxylic acids is 1. The quantitative estimate of drug-likeness (QED) is 0.361. The van der Waals surface area contributed by atoms with E-state index in [9.17, 15) is 23.1 Å². The summed E-state index contributed by atoms with van der Waals surface area (Å²) < 4.78 is 34.4. The topological polar surface area (TPSA) is 141 Å². The molecule has 194 valence electrons. The van der Waals surface area contributed by atoms with Crippen molar-refractivity contribution in [1.82, 2.24) is 5.32 Å². The summed E-state index contributed by atoms with van der Waals surface area (Å²) in [5.41, 5.74) is 2.28. The van der Waals surface area contributed by atoms with Crippen LogP contribution in [-0.4, -0.2) is 70.0 Å². The number of benzene rings is 2. The van der Waals surface area contributed by atoms with Crippen LogP contribution in [0.15, 0.2) is 47.6 Å². The van der Waals surface area contributed by atoms with E-state index in [0.717, 1.165) is 11.1 Å². The van der Waals surface area contributed by atoms with Crippen molar-refractivity contribution in [3.05, 3.63) is 48.0 Å². The fourth-order valence-corrected chi connectivity index (χ4v) is 5.67. The third kappa shape index (κ3) is 6.54. The molecule has 1 aliphatic rings. The minimum Gasteiger partial charge on any atom is -0.496 e. The first-order valence-electron chi connectivity index (χ1n) is 11.3. The summed E-state index contributed by atoms with van der Waals surface area (Å²) in [6, 6.07) is 11.5. The first-order chi connectivity index (χ1) is 17.2. The largest absolute Gasteiger partial charge is 0.496 e. The molecule has 2 aromatic carbocycles. The number of rotatable bonds is 10. The molecule has 1 heterocycles. The van der Waals surface area contributed by atoms with Gasteiger partial charge in [0.25, 0.3) is 5.91 Å². The summed E-state index contributed by atoms with van der Waals surface area (Å²) in [7, 11) is 1.28. The Hall–Kier alpha value is -3.60. The fourth-order valence-electron chi connectivity index (χ4n) is 4.17.